The van der Waals surface area contributed by atoms with Crippen LogP contribution in [0, 0.1) is 53.7 Å². The second-order valence-corrected chi connectivity index (χ2v) is 18.8. The van der Waals surface area contributed by atoms with E-state index < -0.39 is 0 Å². The molecule has 1 aliphatic carbocycles. The molecule has 9 aromatic rings. The Morgan fingerprint density at radius 1 is 0.615 bits per heavy atom. The molecule has 0 spiro atoms. The van der Waals surface area contributed by atoms with E-state index in [0.29, 0.717) is 11.5 Å². The van der Waals surface area contributed by atoms with Crippen LogP contribution in [0.4, 0.5) is 5.69 Å². The average molecular weight is 1020 g/mol. The van der Waals surface area contributed by atoms with Crippen LogP contribution in [0.5, 0.6) is 11.5 Å². The third-order valence-electron chi connectivity index (χ3n) is 14.0. The minimum absolute atomic E-state index is 0. The standard InChI is InChI=1S/C59H48N4O.Pt/c1-33-19-21-43-47(26-33)48-27-34(2)20-22-45(48)56-53(43)61-57(63(56)54-37(5)24-35(3)25-38(54)6)41-29-40(39-14-10-9-11-15-39)30-42(31-41)64-52-32-51-50(28-36(52)4)59(7,8)49-18-12-16-44-46-17-13-23-60-58(46)62(51)55(44)49;/h9-30,53,56H,1-8H3;/q-2;+2/t53-,56+;/m1./s1. The van der Waals surface area contributed by atoms with E-state index >= 15 is 0 Å². The molecule has 2 atom stereocenters. The molecular formula is C59H48N4OPt. The number of amidine groups is 1. The smallest absolute Gasteiger partial charge is 0.503 e. The first-order chi connectivity index (χ1) is 30.9. The fraction of sp³-hybridized carbons (Fsp3) is 0.186. The average Bonchev–Trinajstić information content (AvgIpc) is 3.83. The number of fused-ring (bicyclic) bond motifs is 11. The van der Waals surface area contributed by atoms with Crippen molar-refractivity contribution in [3.63, 3.8) is 0 Å². The first-order valence-corrected chi connectivity index (χ1v) is 22.4. The van der Waals surface area contributed by atoms with E-state index in [4.69, 9.17) is 14.7 Å². The van der Waals surface area contributed by atoms with E-state index in [2.05, 4.69) is 198 Å². The number of aryl methyl sites for hydroxylation is 6. The van der Waals surface area contributed by atoms with Crippen LogP contribution < -0.4 is 9.64 Å². The van der Waals surface area contributed by atoms with E-state index in [1.165, 1.54) is 77.8 Å². The predicted molar refractivity (Wildman–Crippen MR) is 262 cm³/mol. The number of aromatic nitrogens is 2. The molecule has 12 rings (SSSR count). The van der Waals surface area contributed by atoms with E-state index in [-0.39, 0.29) is 38.6 Å². The Balaban J connectivity index is 0.00000469. The van der Waals surface area contributed by atoms with Crippen LogP contribution in [0.15, 0.2) is 139 Å². The maximum absolute atomic E-state index is 7.12. The van der Waals surface area contributed by atoms with Crippen molar-refractivity contribution in [2.24, 2.45) is 4.99 Å². The van der Waals surface area contributed by atoms with Gasteiger partial charge >= 0.3 is 21.1 Å². The largest absolute Gasteiger partial charge is 2.00 e. The van der Waals surface area contributed by atoms with Gasteiger partial charge in [0.25, 0.3) is 0 Å². The molecule has 0 saturated carbocycles. The third-order valence-corrected chi connectivity index (χ3v) is 14.0. The first-order valence-electron chi connectivity index (χ1n) is 22.4. The molecular weight excluding hydrogens is 976 g/mol. The Kier molecular flexibility index (Phi) is 9.50. The summed E-state index contributed by atoms with van der Waals surface area (Å²) < 4.78 is 9.41. The van der Waals surface area contributed by atoms with E-state index in [0.717, 1.165) is 44.8 Å². The fourth-order valence-electron chi connectivity index (χ4n) is 11.2. The summed E-state index contributed by atoms with van der Waals surface area (Å²) in [5, 5.41) is 2.33. The molecule has 65 heavy (non-hydrogen) atoms. The summed E-state index contributed by atoms with van der Waals surface area (Å²) in [5.41, 5.74) is 21.7. The molecule has 0 saturated heterocycles. The predicted octanol–water partition coefficient (Wildman–Crippen LogP) is 14.5. The van der Waals surface area contributed by atoms with Crippen molar-refractivity contribution in [1.82, 2.24) is 9.55 Å². The summed E-state index contributed by atoms with van der Waals surface area (Å²) in [6.45, 7) is 17.8. The van der Waals surface area contributed by atoms with Crippen LogP contribution in [0.1, 0.15) is 87.1 Å². The molecule has 6 heteroatoms. The second kappa shape index (κ2) is 15.0. The van der Waals surface area contributed by atoms with E-state index in [1.54, 1.807) is 0 Å². The molecule has 0 amide bonds. The van der Waals surface area contributed by atoms with Gasteiger partial charge in [-0.05, 0) is 96.7 Å². The number of hydrogen-bond acceptors (Lipinski definition) is 4. The van der Waals surface area contributed by atoms with Gasteiger partial charge in [-0.2, -0.15) is 6.07 Å². The van der Waals surface area contributed by atoms with Gasteiger partial charge in [-0.25, -0.2) is 4.98 Å². The Hall–Kier alpha value is -6.55. The summed E-state index contributed by atoms with van der Waals surface area (Å²) in [6, 6.07) is 53.9. The van der Waals surface area contributed by atoms with Crippen molar-refractivity contribution >= 4 is 33.5 Å². The molecule has 7 aromatic carbocycles. The molecule has 0 bridgehead atoms. The van der Waals surface area contributed by atoms with Crippen LogP contribution in [0.25, 0.3) is 49.9 Å². The number of pyridine rings is 1. The zero-order chi connectivity index (χ0) is 43.8. The van der Waals surface area contributed by atoms with Gasteiger partial charge in [-0.3, -0.25) is 0 Å². The van der Waals surface area contributed by atoms with Crippen molar-refractivity contribution in [3.8, 4) is 39.4 Å². The summed E-state index contributed by atoms with van der Waals surface area (Å²) in [7, 11) is 0. The van der Waals surface area contributed by atoms with Gasteiger partial charge in [0.1, 0.15) is 5.65 Å². The summed E-state index contributed by atoms with van der Waals surface area (Å²) in [4.78, 5) is 13.3. The molecule has 5 nitrogen and oxygen atoms in total. The topological polar surface area (TPSA) is 42.6 Å². The summed E-state index contributed by atoms with van der Waals surface area (Å²) in [5.74, 6) is 2.14. The molecule has 0 N–H and O–H groups in total. The van der Waals surface area contributed by atoms with Gasteiger partial charge in [0, 0.05) is 34.2 Å². The SMILES string of the molecule is Cc1cc(C)c(N2C(c3[c-]c(Oc4[c-]c5c(cc4C)C(C)(C)c4cccc6c7cccnc7n-5c46)cc(-c4ccccc4)c3)=N[C@@H]3c4ccc(C)cc4-c4cc(C)ccc4[C@@H]32)c(C)c1.[Pt+2]. The number of hydrogen-bond donors (Lipinski definition) is 0. The van der Waals surface area contributed by atoms with Gasteiger partial charge in [0.05, 0.1) is 23.4 Å². The molecule has 3 aliphatic rings. The van der Waals surface area contributed by atoms with Crippen molar-refractivity contribution in [2.75, 3.05) is 4.90 Å². The van der Waals surface area contributed by atoms with E-state index in [9.17, 15) is 0 Å². The number of benzene rings is 7. The molecule has 4 heterocycles. The van der Waals surface area contributed by atoms with Crippen LogP contribution in [-0.4, -0.2) is 15.4 Å². The summed E-state index contributed by atoms with van der Waals surface area (Å²) in [6.07, 6.45) is 1.88. The number of para-hydroxylation sites is 1. The molecule has 320 valence electrons. The zero-order valence-corrected chi connectivity index (χ0v) is 40.1. The molecule has 0 radical (unpaired) electrons. The Labute approximate surface area is 395 Å². The van der Waals surface area contributed by atoms with Crippen molar-refractivity contribution in [2.45, 2.75) is 72.9 Å². The molecule has 2 aromatic heterocycles. The second-order valence-electron chi connectivity index (χ2n) is 18.8. The number of rotatable bonds is 5. The van der Waals surface area contributed by atoms with Gasteiger partial charge < -0.3 is 19.2 Å². The van der Waals surface area contributed by atoms with Crippen LogP contribution >= 0.6 is 0 Å². The van der Waals surface area contributed by atoms with Crippen molar-refractivity contribution in [1.29, 1.82) is 0 Å². The van der Waals surface area contributed by atoms with Gasteiger partial charge in [-0.1, -0.05) is 158 Å². The quantitative estimate of drug-likeness (QED) is 0.161. The maximum atomic E-state index is 7.12. The molecule has 0 unspecified atom stereocenters. The van der Waals surface area contributed by atoms with Gasteiger partial charge in [0.2, 0.25) is 0 Å². The Morgan fingerprint density at radius 3 is 2.08 bits per heavy atom. The maximum Gasteiger partial charge on any atom is 2.00 e. The summed E-state index contributed by atoms with van der Waals surface area (Å²) >= 11 is 0. The first kappa shape index (κ1) is 41.2. The number of aliphatic imine (C=N–C) groups is 1. The molecule has 2 aliphatic heterocycles. The van der Waals surface area contributed by atoms with Crippen molar-refractivity contribution < 1.29 is 25.8 Å². The third kappa shape index (κ3) is 6.22. The minimum Gasteiger partial charge on any atom is -0.503 e. The number of nitrogens with zero attached hydrogens (tertiary/aromatic N) is 4. The van der Waals surface area contributed by atoms with Crippen LogP contribution in [0.2, 0.25) is 0 Å². The van der Waals surface area contributed by atoms with Gasteiger partial charge in [-0.15, -0.1) is 28.8 Å². The monoisotopic (exact) mass is 1020 g/mol. The Bertz CT molecular complexity index is 3470. The minimum atomic E-state index is -0.271. The number of ether oxygens (including phenoxy) is 1. The van der Waals surface area contributed by atoms with Crippen LogP contribution in [-0.2, 0) is 26.5 Å². The van der Waals surface area contributed by atoms with Crippen LogP contribution in [0.3, 0.4) is 0 Å². The molecule has 0 fully saturated rings. The van der Waals surface area contributed by atoms with E-state index in [1.807, 2.05) is 12.3 Å². The van der Waals surface area contributed by atoms with Gasteiger partial charge in [0.15, 0.2) is 0 Å². The van der Waals surface area contributed by atoms with Crippen molar-refractivity contribution in [3.05, 3.63) is 207 Å². The Morgan fingerprint density at radius 2 is 1.32 bits per heavy atom. The number of anilines is 1. The normalized spacial score (nSPS) is 16.4. The fourth-order valence-corrected chi connectivity index (χ4v) is 11.2. The zero-order valence-electron chi connectivity index (χ0n) is 37.9.